The Labute approximate surface area is 162 Å². The molecule has 0 saturated carbocycles. The number of ether oxygens (including phenoxy) is 1. The molecular weight excluding hydrogens is 320 g/mol. The maximum absolute atomic E-state index is 5.70. The van der Waals surface area contributed by atoms with Crippen LogP contribution in [-0.4, -0.2) is 22.8 Å². The van der Waals surface area contributed by atoms with E-state index in [9.17, 15) is 0 Å². The average molecular weight is 365 g/mol. The van der Waals surface area contributed by atoms with Gasteiger partial charge in [0.2, 0.25) is 0 Å². The van der Waals surface area contributed by atoms with Crippen molar-refractivity contribution in [3.05, 3.63) is 18.7 Å². The largest absolute Gasteiger partial charge is 0.381 e. The molecule has 26 heavy (non-hydrogen) atoms. The first-order chi connectivity index (χ1) is 12.8. The molecule has 0 atom stereocenters. The fourth-order valence-electron chi connectivity index (χ4n) is 3.38. The number of nitrogens with zero attached hydrogens (tertiary/aromatic N) is 2. The van der Waals surface area contributed by atoms with Gasteiger partial charge in [0, 0.05) is 32.2 Å². The van der Waals surface area contributed by atoms with Crippen LogP contribution in [0.5, 0.6) is 0 Å². The lowest BCUT2D eigenvalue weighted by Crippen LogP contribution is -1.99. The van der Waals surface area contributed by atoms with Crippen LogP contribution in [0.25, 0.3) is 0 Å². The summed E-state index contributed by atoms with van der Waals surface area (Å²) in [6.45, 7) is 7.62. The van der Waals surface area contributed by atoms with Gasteiger partial charge in [0.25, 0.3) is 0 Å². The summed E-state index contributed by atoms with van der Waals surface area (Å²) in [5, 5.41) is 0. The van der Waals surface area contributed by atoms with Crippen molar-refractivity contribution < 1.29 is 4.74 Å². The van der Waals surface area contributed by atoms with E-state index in [4.69, 9.17) is 4.74 Å². The third-order valence-corrected chi connectivity index (χ3v) is 5.08. The average Bonchev–Trinajstić information content (AvgIpc) is 3.14. The molecule has 0 spiro atoms. The topological polar surface area (TPSA) is 27.1 Å². The highest BCUT2D eigenvalue weighted by atomic mass is 16.5. The van der Waals surface area contributed by atoms with Crippen LogP contribution in [0, 0.1) is 5.92 Å². The highest BCUT2D eigenvalue weighted by Crippen LogP contribution is 2.12. The maximum atomic E-state index is 5.70. The van der Waals surface area contributed by atoms with Gasteiger partial charge in [-0.2, -0.15) is 0 Å². The quantitative estimate of drug-likeness (QED) is 0.247. The van der Waals surface area contributed by atoms with Crippen molar-refractivity contribution >= 4 is 0 Å². The third-order valence-electron chi connectivity index (χ3n) is 5.08. The van der Waals surface area contributed by atoms with Crippen LogP contribution in [0.15, 0.2) is 18.7 Å². The van der Waals surface area contributed by atoms with Crippen molar-refractivity contribution in [3.8, 4) is 0 Å². The van der Waals surface area contributed by atoms with Crippen molar-refractivity contribution in [3.63, 3.8) is 0 Å². The Morgan fingerprint density at radius 1 is 0.731 bits per heavy atom. The molecule has 1 aromatic rings. The van der Waals surface area contributed by atoms with E-state index < -0.39 is 0 Å². The first kappa shape index (κ1) is 23.2. The normalized spacial score (nSPS) is 11.5. The summed E-state index contributed by atoms with van der Waals surface area (Å²) < 4.78 is 7.88. The van der Waals surface area contributed by atoms with Gasteiger partial charge in [-0.05, 0) is 31.6 Å². The highest BCUT2D eigenvalue weighted by molar-refractivity contribution is 4.73. The number of rotatable bonds is 19. The van der Waals surface area contributed by atoms with Gasteiger partial charge < -0.3 is 9.30 Å². The van der Waals surface area contributed by atoms with Gasteiger partial charge in [0.05, 0.1) is 6.33 Å². The molecule has 0 fully saturated rings. The lowest BCUT2D eigenvalue weighted by Gasteiger charge is -2.06. The number of hydrogen-bond acceptors (Lipinski definition) is 2. The van der Waals surface area contributed by atoms with Gasteiger partial charge in [-0.25, -0.2) is 4.98 Å². The van der Waals surface area contributed by atoms with Crippen molar-refractivity contribution in [1.29, 1.82) is 0 Å². The summed E-state index contributed by atoms with van der Waals surface area (Å²) in [7, 11) is 0. The number of unbranched alkanes of at least 4 members (excludes halogenated alkanes) is 11. The predicted octanol–water partition coefficient (Wildman–Crippen LogP) is 7.02. The molecule has 0 amide bonds. The van der Waals surface area contributed by atoms with Gasteiger partial charge in [0.1, 0.15) is 0 Å². The number of aromatic nitrogens is 2. The Morgan fingerprint density at radius 3 is 1.81 bits per heavy atom. The zero-order valence-corrected chi connectivity index (χ0v) is 17.6. The molecule has 0 unspecified atom stereocenters. The van der Waals surface area contributed by atoms with Crippen LogP contribution in [0.4, 0.5) is 0 Å². The predicted molar refractivity (Wildman–Crippen MR) is 113 cm³/mol. The second-order valence-electron chi connectivity index (χ2n) is 8.19. The Balaban J connectivity index is 1.66. The Hall–Kier alpha value is -0.830. The number of imidazole rings is 1. The maximum Gasteiger partial charge on any atom is 0.0945 e. The fraction of sp³-hybridized carbons (Fsp3) is 0.870. The van der Waals surface area contributed by atoms with E-state index in [1.807, 2.05) is 12.5 Å². The van der Waals surface area contributed by atoms with Crippen LogP contribution in [0.1, 0.15) is 104 Å². The Morgan fingerprint density at radius 2 is 1.27 bits per heavy atom. The molecular formula is C23H44N2O. The van der Waals surface area contributed by atoms with E-state index in [0.717, 1.165) is 25.7 Å². The Kier molecular flexibility index (Phi) is 15.7. The molecule has 0 N–H and O–H groups in total. The standard InChI is InChI=1S/C23H44N2O/c1-23(2)16-15-21-26-20-14-12-10-8-6-4-3-5-7-9-11-13-18-25-19-17-24-22-25/h17,19,22-23H,3-16,18,20-21H2,1-2H3. The lowest BCUT2D eigenvalue weighted by molar-refractivity contribution is 0.124. The van der Waals surface area contributed by atoms with E-state index in [0.29, 0.717) is 0 Å². The molecule has 3 heteroatoms. The third kappa shape index (κ3) is 15.4. The summed E-state index contributed by atoms with van der Waals surface area (Å²) in [5.74, 6) is 0.812. The molecule has 152 valence electrons. The molecule has 0 saturated heterocycles. The smallest absolute Gasteiger partial charge is 0.0945 e. The van der Waals surface area contributed by atoms with Crippen LogP contribution < -0.4 is 0 Å². The van der Waals surface area contributed by atoms with Crippen molar-refractivity contribution in [1.82, 2.24) is 9.55 Å². The SMILES string of the molecule is CC(C)CCCOCCCCCCCCCCCCCCn1ccnc1. The zero-order chi connectivity index (χ0) is 18.7. The number of hydrogen-bond donors (Lipinski definition) is 0. The molecule has 0 aliphatic rings. The molecule has 0 radical (unpaired) electrons. The van der Waals surface area contributed by atoms with Crippen LogP contribution >= 0.6 is 0 Å². The minimum Gasteiger partial charge on any atom is -0.381 e. The molecule has 1 rings (SSSR count). The minimum absolute atomic E-state index is 0.812. The van der Waals surface area contributed by atoms with Crippen LogP contribution in [0.3, 0.4) is 0 Å². The summed E-state index contributed by atoms with van der Waals surface area (Å²) in [6, 6.07) is 0. The van der Waals surface area contributed by atoms with Crippen molar-refractivity contribution in [2.45, 2.75) is 110 Å². The van der Waals surface area contributed by atoms with Gasteiger partial charge in [-0.15, -0.1) is 0 Å². The second kappa shape index (κ2) is 17.6. The molecule has 3 nitrogen and oxygen atoms in total. The molecule has 0 bridgehead atoms. The monoisotopic (exact) mass is 364 g/mol. The second-order valence-corrected chi connectivity index (χ2v) is 8.19. The summed E-state index contributed by atoms with van der Waals surface area (Å²) in [4.78, 5) is 4.08. The van der Waals surface area contributed by atoms with Crippen LogP contribution in [0.2, 0.25) is 0 Å². The van der Waals surface area contributed by atoms with Crippen molar-refractivity contribution in [2.24, 2.45) is 5.92 Å². The fourth-order valence-corrected chi connectivity index (χ4v) is 3.38. The van der Waals surface area contributed by atoms with Gasteiger partial charge >= 0.3 is 0 Å². The first-order valence-corrected chi connectivity index (χ1v) is 11.3. The molecule has 0 aliphatic carbocycles. The van der Waals surface area contributed by atoms with E-state index in [1.165, 1.54) is 89.9 Å². The Bertz CT molecular complexity index is 376. The van der Waals surface area contributed by atoms with E-state index in [1.54, 1.807) is 0 Å². The summed E-state index contributed by atoms with van der Waals surface area (Å²) >= 11 is 0. The molecule has 1 heterocycles. The van der Waals surface area contributed by atoms with E-state index in [2.05, 4.69) is 29.6 Å². The van der Waals surface area contributed by atoms with Crippen molar-refractivity contribution in [2.75, 3.05) is 13.2 Å². The lowest BCUT2D eigenvalue weighted by atomic mass is 10.1. The minimum atomic E-state index is 0.812. The summed E-state index contributed by atoms with van der Waals surface area (Å²) in [5.41, 5.74) is 0. The molecule has 0 aliphatic heterocycles. The van der Waals surface area contributed by atoms with Crippen LogP contribution in [-0.2, 0) is 11.3 Å². The van der Waals surface area contributed by atoms with Gasteiger partial charge in [-0.1, -0.05) is 78.1 Å². The van der Waals surface area contributed by atoms with E-state index in [-0.39, 0.29) is 0 Å². The zero-order valence-electron chi connectivity index (χ0n) is 17.6. The van der Waals surface area contributed by atoms with Gasteiger partial charge in [0.15, 0.2) is 0 Å². The molecule has 1 aromatic heterocycles. The number of aryl methyl sites for hydroxylation is 1. The highest BCUT2D eigenvalue weighted by Gasteiger charge is 1.96. The summed E-state index contributed by atoms with van der Waals surface area (Å²) in [6.07, 6.45) is 24.9. The first-order valence-electron chi connectivity index (χ1n) is 11.3. The van der Waals surface area contributed by atoms with Gasteiger partial charge in [-0.3, -0.25) is 0 Å². The molecule has 0 aromatic carbocycles. The van der Waals surface area contributed by atoms with E-state index >= 15 is 0 Å².